The Morgan fingerprint density at radius 1 is 1.37 bits per heavy atom. The molecule has 7 heteroatoms. The molecule has 0 aromatic carbocycles. The highest BCUT2D eigenvalue weighted by Gasteiger charge is 2.54. The molecule has 2 heterocycles. The van der Waals surface area contributed by atoms with Crippen molar-refractivity contribution in [2.75, 3.05) is 7.11 Å². The quantitative estimate of drug-likeness (QED) is 0.605. The maximum absolute atomic E-state index is 13.5. The van der Waals surface area contributed by atoms with E-state index < -0.39 is 11.9 Å². The Hall–Kier alpha value is -2.31. The summed E-state index contributed by atoms with van der Waals surface area (Å²) in [5, 5.41) is 8.60. The van der Waals surface area contributed by atoms with Gasteiger partial charge in [0.1, 0.15) is 5.69 Å². The van der Waals surface area contributed by atoms with Crippen LogP contribution in [0.5, 0.6) is 0 Å². The number of pyridine rings is 1. The molecule has 27 heavy (non-hydrogen) atoms. The second-order valence-electron chi connectivity index (χ2n) is 8.43. The Bertz CT molecular complexity index is 890. The van der Waals surface area contributed by atoms with Gasteiger partial charge in [-0.25, -0.2) is 14.5 Å². The van der Waals surface area contributed by atoms with Crippen LogP contribution in [0, 0.1) is 36.0 Å². The lowest BCUT2D eigenvalue weighted by Crippen LogP contribution is -2.53. The number of hydrogen-bond acceptors (Lipinski definition) is 5. The van der Waals surface area contributed by atoms with Gasteiger partial charge in [0.25, 0.3) is 0 Å². The summed E-state index contributed by atoms with van der Waals surface area (Å²) in [5.74, 6) is 0.756. The minimum absolute atomic E-state index is 0.0757. The van der Waals surface area contributed by atoms with Crippen molar-refractivity contribution in [1.29, 1.82) is 0 Å². The van der Waals surface area contributed by atoms with Gasteiger partial charge in [0.05, 0.1) is 12.8 Å². The first-order valence-electron chi connectivity index (χ1n) is 9.48. The molecule has 0 saturated heterocycles. The molecule has 3 aliphatic carbocycles. The number of methoxy groups -OCH3 is 1. The van der Waals surface area contributed by atoms with Crippen LogP contribution in [0.25, 0.3) is 11.3 Å². The summed E-state index contributed by atoms with van der Waals surface area (Å²) in [6.45, 7) is 7.51. The first-order chi connectivity index (χ1) is 12.8. The summed E-state index contributed by atoms with van der Waals surface area (Å²) in [6, 6.07) is 2.73. The highest BCUT2D eigenvalue weighted by molar-refractivity contribution is 5.94. The second-order valence-corrected chi connectivity index (χ2v) is 8.43. The number of fused-ring (bicyclic) bond motifs is 2. The third-order valence-electron chi connectivity index (χ3n) is 6.89. The predicted octanol–water partition coefficient (Wildman–Crippen LogP) is 3.65. The molecule has 5 rings (SSSR count). The van der Waals surface area contributed by atoms with Crippen molar-refractivity contribution in [1.82, 2.24) is 20.0 Å². The summed E-state index contributed by atoms with van der Waals surface area (Å²) >= 11 is 0. The monoisotopic (exact) mass is 372 g/mol. The minimum Gasteiger partial charge on any atom is -0.464 e. The molecular formula is C20H25FN4O2. The molecule has 3 saturated carbocycles. The van der Waals surface area contributed by atoms with Crippen LogP contribution >= 0.6 is 0 Å². The summed E-state index contributed by atoms with van der Waals surface area (Å²) in [7, 11) is 1.25. The van der Waals surface area contributed by atoms with Crippen LogP contribution in [0.4, 0.5) is 4.39 Å². The molecule has 0 spiro atoms. The number of halogens is 1. The molecule has 3 fully saturated rings. The van der Waals surface area contributed by atoms with E-state index in [0.29, 0.717) is 22.6 Å². The van der Waals surface area contributed by atoms with Gasteiger partial charge in [0, 0.05) is 12.1 Å². The zero-order valence-electron chi connectivity index (χ0n) is 16.2. The van der Waals surface area contributed by atoms with Crippen LogP contribution in [0.2, 0.25) is 0 Å². The number of carbonyl (C=O) groups excluding carboxylic acids is 1. The van der Waals surface area contributed by atoms with Gasteiger partial charge in [-0.05, 0) is 61.5 Å². The molecule has 144 valence electrons. The van der Waals surface area contributed by atoms with Crippen molar-refractivity contribution in [3.8, 4) is 11.3 Å². The van der Waals surface area contributed by atoms with Gasteiger partial charge in [0.15, 0.2) is 5.69 Å². The standard InChI is InChI=1S/C20H25FN4O2/c1-11-17(14-7-8-16(21)22-18(14)19(26)27-4)23-24-25(11)10-12-5-6-13-9-15(12)20(13,2)3/h7-8,12-13,15H,5-6,9-10H2,1-4H3/t12-,13-,15+/m0/s1. The number of aromatic nitrogens is 4. The third-order valence-corrected chi connectivity index (χ3v) is 6.89. The molecule has 0 radical (unpaired) electrons. The summed E-state index contributed by atoms with van der Waals surface area (Å²) in [6.07, 6.45) is 3.81. The molecule has 2 bridgehead atoms. The van der Waals surface area contributed by atoms with Gasteiger partial charge in [-0.1, -0.05) is 19.1 Å². The lowest BCUT2D eigenvalue weighted by Gasteiger charge is -2.60. The molecule has 2 aromatic rings. The van der Waals surface area contributed by atoms with E-state index in [1.165, 1.54) is 38.5 Å². The van der Waals surface area contributed by atoms with E-state index in [9.17, 15) is 9.18 Å². The highest BCUT2D eigenvalue weighted by Crippen LogP contribution is 2.61. The second kappa shape index (κ2) is 6.39. The fourth-order valence-corrected chi connectivity index (χ4v) is 5.06. The van der Waals surface area contributed by atoms with Gasteiger partial charge in [0.2, 0.25) is 5.95 Å². The van der Waals surface area contributed by atoms with Crippen molar-refractivity contribution >= 4 is 5.97 Å². The maximum Gasteiger partial charge on any atom is 0.357 e. The molecule has 3 aliphatic rings. The van der Waals surface area contributed by atoms with Crippen molar-refractivity contribution < 1.29 is 13.9 Å². The molecule has 3 atom stereocenters. The fraction of sp³-hybridized carbons (Fsp3) is 0.600. The van der Waals surface area contributed by atoms with Gasteiger partial charge in [-0.15, -0.1) is 5.10 Å². The maximum atomic E-state index is 13.5. The average Bonchev–Trinajstić information content (AvgIpc) is 3.01. The number of rotatable bonds is 4. The molecule has 2 aromatic heterocycles. The normalized spacial score (nSPS) is 25.7. The van der Waals surface area contributed by atoms with Crippen LogP contribution in [0.3, 0.4) is 0 Å². The summed E-state index contributed by atoms with van der Waals surface area (Å²) in [4.78, 5) is 15.7. The van der Waals surface area contributed by atoms with Crippen LogP contribution in [-0.2, 0) is 11.3 Å². The number of carbonyl (C=O) groups is 1. The Morgan fingerprint density at radius 3 is 2.81 bits per heavy atom. The van der Waals surface area contributed by atoms with Gasteiger partial charge in [-0.2, -0.15) is 4.39 Å². The Labute approximate surface area is 158 Å². The van der Waals surface area contributed by atoms with Gasteiger partial charge >= 0.3 is 5.97 Å². The van der Waals surface area contributed by atoms with E-state index in [-0.39, 0.29) is 5.69 Å². The number of hydrogen-bond donors (Lipinski definition) is 0. The predicted molar refractivity (Wildman–Crippen MR) is 97.4 cm³/mol. The van der Waals surface area contributed by atoms with Crippen LogP contribution in [0.1, 0.15) is 49.3 Å². The molecule has 0 N–H and O–H groups in total. The third kappa shape index (κ3) is 2.84. The molecule has 6 nitrogen and oxygen atoms in total. The van der Waals surface area contributed by atoms with E-state index >= 15 is 0 Å². The minimum atomic E-state index is -0.729. The van der Waals surface area contributed by atoms with E-state index in [0.717, 1.165) is 24.1 Å². The lowest BCUT2D eigenvalue weighted by atomic mass is 9.45. The van der Waals surface area contributed by atoms with Crippen molar-refractivity contribution in [3.05, 3.63) is 29.5 Å². The fourth-order valence-electron chi connectivity index (χ4n) is 5.06. The molecule has 0 amide bonds. The van der Waals surface area contributed by atoms with E-state index in [1.54, 1.807) is 0 Å². The lowest BCUT2D eigenvalue weighted by molar-refractivity contribution is -0.109. The van der Waals surface area contributed by atoms with Gasteiger partial charge < -0.3 is 4.74 Å². The van der Waals surface area contributed by atoms with Crippen LogP contribution < -0.4 is 0 Å². The van der Waals surface area contributed by atoms with E-state index in [1.807, 2.05) is 11.6 Å². The number of ether oxygens (including phenoxy) is 1. The van der Waals surface area contributed by atoms with Gasteiger partial charge in [-0.3, -0.25) is 0 Å². The first-order valence-corrected chi connectivity index (χ1v) is 9.48. The number of esters is 1. The van der Waals surface area contributed by atoms with Crippen molar-refractivity contribution in [3.63, 3.8) is 0 Å². The van der Waals surface area contributed by atoms with E-state index in [2.05, 4.69) is 29.1 Å². The Kier molecular flexibility index (Phi) is 4.28. The Balaban J connectivity index is 1.63. The van der Waals surface area contributed by atoms with Crippen molar-refractivity contribution in [2.45, 2.75) is 46.6 Å². The smallest absolute Gasteiger partial charge is 0.357 e. The summed E-state index contributed by atoms with van der Waals surface area (Å²) in [5.41, 5.74) is 2.18. The molecule has 0 aliphatic heterocycles. The van der Waals surface area contributed by atoms with Crippen molar-refractivity contribution in [2.24, 2.45) is 23.2 Å². The average molecular weight is 372 g/mol. The Morgan fingerprint density at radius 2 is 2.15 bits per heavy atom. The topological polar surface area (TPSA) is 69.9 Å². The van der Waals surface area contributed by atoms with E-state index in [4.69, 9.17) is 4.74 Å². The first kappa shape index (κ1) is 18.1. The molecular weight excluding hydrogens is 347 g/mol. The SMILES string of the molecule is COC(=O)c1nc(F)ccc1-c1nnn(C[C@@H]2CC[C@H]3C[C@H]2C3(C)C)c1C. The highest BCUT2D eigenvalue weighted by atomic mass is 19.1. The zero-order valence-corrected chi connectivity index (χ0v) is 16.2. The summed E-state index contributed by atoms with van der Waals surface area (Å²) < 4.78 is 20.2. The zero-order chi connectivity index (χ0) is 19.3. The number of nitrogens with zero attached hydrogens (tertiary/aromatic N) is 4. The largest absolute Gasteiger partial charge is 0.464 e. The van der Waals surface area contributed by atoms with Crippen LogP contribution in [-0.4, -0.2) is 33.1 Å². The van der Waals surface area contributed by atoms with Crippen LogP contribution in [0.15, 0.2) is 12.1 Å². The molecule has 0 unspecified atom stereocenters.